The van der Waals surface area contributed by atoms with Crippen molar-refractivity contribution in [1.29, 1.82) is 0 Å². The summed E-state index contributed by atoms with van der Waals surface area (Å²) < 4.78 is 0. The molecule has 38 heavy (non-hydrogen) atoms. The largest absolute Gasteiger partial charge is 0.393 e. The van der Waals surface area contributed by atoms with Crippen molar-refractivity contribution >= 4 is 45.2 Å². The lowest BCUT2D eigenvalue weighted by atomic mass is 9.91. The van der Waals surface area contributed by atoms with E-state index >= 15 is 0 Å². The average molecular weight is 540 g/mol. The molecule has 0 radical (unpaired) electrons. The van der Waals surface area contributed by atoms with E-state index < -0.39 is 12.4 Å². The standard InChI is InChI=1S/C28H37N5O4S/c1-3-24(36)29-22-15-23(38-27(22)32-14-5-4-8-20(35)16-32)26(37)31-28-30-21-9-6-7-17(2)25(21)33(28)18-10-12-19(34)13-11-18/h3,6-7,9,15,18-20,28,30,34-35H,1,4-5,8,10-14,16H2,2H3,(H,29,36)(H,31,37)/t18-,19-,20-,28?/m0/s1. The maximum Gasteiger partial charge on any atom is 0.264 e. The number of nitrogens with zero attached hydrogens (tertiary/aromatic N) is 2. The Morgan fingerprint density at radius 2 is 1.92 bits per heavy atom. The quantitative estimate of drug-likeness (QED) is 0.355. The number of carbonyl (C=O) groups excluding carboxylic acids is 2. The van der Waals surface area contributed by atoms with Crippen LogP contribution >= 0.6 is 11.3 Å². The van der Waals surface area contributed by atoms with Crippen LogP contribution in [0, 0.1) is 6.92 Å². The number of benzene rings is 1. The molecule has 1 unspecified atom stereocenters. The van der Waals surface area contributed by atoms with Gasteiger partial charge in [0.05, 0.1) is 34.1 Å². The molecule has 1 aromatic carbocycles. The molecule has 9 nitrogen and oxygen atoms in total. The highest BCUT2D eigenvalue weighted by molar-refractivity contribution is 7.18. The highest BCUT2D eigenvalue weighted by Gasteiger charge is 2.38. The van der Waals surface area contributed by atoms with Gasteiger partial charge in [-0.25, -0.2) is 0 Å². The summed E-state index contributed by atoms with van der Waals surface area (Å²) >= 11 is 1.32. The van der Waals surface area contributed by atoms with Gasteiger partial charge in [-0.05, 0) is 75.6 Å². The van der Waals surface area contributed by atoms with Gasteiger partial charge in [0.2, 0.25) is 5.91 Å². The van der Waals surface area contributed by atoms with Crippen molar-refractivity contribution in [2.45, 2.75) is 76.4 Å². The third-order valence-corrected chi connectivity index (χ3v) is 8.90. The molecule has 5 rings (SSSR count). The second-order valence-electron chi connectivity index (χ2n) is 10.5. The third-order valence-electron chi connectivity index (χ3n) is 7.71. The predicted octanol–water partition coefficient (Wildman–Crippen LogP) is 3.78. The number of amides is 2. The molecular weight excluding hydrogens is 502 g/mol. The number of hydrogen-bond acceptors (Lipinski definition) is 8. The van der Waals surface area contributed by atoms with E-state index in [0.29, 0.717) is 17.1 Å². The molecule has 1 aliphatic carbocycles. The van der Waals surface area contributed by atoms with Gasteiger partial charge in [-0.2, -0.15) is 0 Å². The lowest BCUT2D eigenvalue weighted by Gasteiger charge is -2.38. The molecule has 3 aliphatic rings. The van der Waals surface area contributed by atoms with Crippen molar-refractivity contribution in [3.63, 3.8) is 0 Å². The second-order valence-corrected chi connectivity index (χ2v) is 11.5. The van der Waals surface area contributed by atoms with Gasteiger partial charge in [-0.3, -0.25) is 9.59 Å². The Morgan fingerprint density at radius 1 is 1.13 bits per heavy atom. The Balaban J connectivity index is 1.41. The number of aryl methyl sites for hydroxylation is 1. The predicted molar refractivity (Wildman–Crippen MR) is 152 cm³/mol. The molecule has 10 heteroatoms. The summed E-state index contributed by atoms with van der Waals surface area (Å²) in [7, 11) is 0. The number of rotatable bonds is 6. The van der Waals surface area contributed by atoms with Crippen LogP contribution in [-0.4, -0.2) is 59.7 Å². The highest BCUT2D eigenvalue weighted by atomic mass is 32.1. The van der Waals surface area contributed by atoms with Gasteiger partial charge in [0, 0.05) is 19.1 Å². The lowest BCUT2D eigenvalue weighted by Crippen LogP contribution is -2.54. The zero-order chi connectivity index (χ0) is 26.8. The topological polar surface area (TPSA) is 117 Å². The van der Waals surface area contributed by atoms with Crippen molar-refractivity contribution in [2.75, 3.05) is 33.5 Å². The molecule has 3 heterocycles. The Morgan fingerprint density at radius 3 is 2.68 bits per heavy atom. The van der Waals surface area contributed by atoms with Crippen LogP contribution in [0.1, 0.15) is 60.2 Å². The fourth-order valence-electron chi connectivity index (χ4n) is 5.80. The minimum atomic E-state index is -0.452. The Labute approximate surface area is 227 Å². The van der Waals surface area contributed by atoms with Crippen molar-refractivity contribution in [3.8, 4) is 0 Å². The summed E-state index contributed by atoms with van der Waals surface area (Å²) in [5.41, 5.74) is 3.75. The van der Waals surface area contributed by atoms with Gasteiger partial charge in [-0.1, -0.05) is 18.7 Å². The van der Waals surface area contributed by atoms with Crippen LogP contribution in [0.3, 0.4) is 0 Å². The molecule has 1 aromatic heterocycles. The molecule has 1 saturated carbocycles. The van der Waals surface area contributed by atoms with E-state index in [-0.39, 0.29) is 24.0 Å². The first kappa shape index (κ1) is 26.5. The number of fused-ring (bicyclic) bond motifs is 1. The number of thiophene rings is 1. The summed E-state index contributed by atoms with van der Waals surface area (Å²) in [5, 5.41) is 30.7. The zero-order valence-electron chi connectivity index (χ0n) is 21.8. The molecule has 2 atom stereocenters. The fraction of sp³-hybridized carbons (Fsp3) is 0.500. The normalized spacial score (nSPS) is 25.2. The number of β-amino-alcohol motifs (C(OH)–C–C–N with tert-alkyl or cyclic N) is 1. The number of nitrogens with one attached hydrogen (secondary N) is 3. The Hall–Kier alpha value is -3.08. The van der Waals surface area contributed by atoms with E-state index in [1.807, 2.05) is 12.1 Å². The van der Waals surface area contributed by atoms with Gasteiger partial charge in [0.25, 0.3) is 5.91 Å². The van der Waals surface area contributed by atoms with Crippen LogP contribution in [0.15, 0.2) is 36.9 Å². The molecule has 2 aliphatic heterocycles. The van der Waals surface area contributed by atoms with E-state index in [9.17, 15) is 19.8 Å². The minimum Gasteiger partial charge on any atom is -0.393 e. The van der Waals surface area contributed by atoms with E-state index in [0.717, 1.165) is 73.4 Å². The third kappa shape index (κ3) is 5.52. The van der Waals surface area contributed by atoms with Crippen LogP contribution < -0.4 is 25.8 Å². The Kier molecular flexibility index (Phi) is 7.92. The number of carbonyl (C=O) groups is 2. The first-order valence-corrected chi connectivity index (χ1v) is 14.3. The van der Waals surface area contributed by atoms with Crippen molar-refractivity contribution < 1.29 is 19.8 Å². The lowest BCUT2D eigenvalue weighted by molar-refractivity contribution is -0.111. The zero-order valence-corrected chi connectivity index (χ0v) is 22.6. The van der Waals surface area contributed by atoms with Crippen LogP contribution in [0.25, 0.3) is 0 Å². The summed E-state index contributed by atoms with van der Waals surface area (Å²) in [4.78, 5) is 30.6. The van der Waals surface area contributed by atoms with Crippen molar-refractivity contribution in [3.05, 3.63) is 47.4 Å². The second kappa shape index (κ2) is 11.3. The van der Waals surface area contributed by atoms with Gasteiger partial charge >= 0.3 is 0 Å². The number of para-hydroxylation sites is 1. The van der Waals surface area contributed by atoms with Crippen LogP contribution in [-0.2, 0) is 4.79 Å². The van der Waals surface area contributed by atoms with E-state index in [1.54, 1.807) is 6.07 Å². The molecule has 0 bridgehead atoms. The molecular formula is C28H37N5O4S. The molecule has 5 N–H and O–H groups in total. The van der Waals surface area contributed by atoms with Gasteiger partial charge in [-0.15, -0.1) is 11.3 Å². The molecule has 1 saturated heterocycles. The van der Waals surface area contributed by atoms with Crippen LogP contribution in [0.5, 0.6) is 0 Å². The first-order valence-electron chi connectivity index (χ1n) is 13.5. The fourth-order valence-corrected chi connectivity index (χ4v) is 6.85. The smallest absolute Gasteiger partial charge is 0.264 e. The molecule has 2 aromatic rings. The van der Waals surface area contributed by atoms with Crippen LogP contribution in [0.4, 0.5) is 22.1 Å². The van der Waals surface area contributed by atoms with E-state index in [2.05, 4.69) is 45.3 Å². The molecule has 2 amide bonds. The summed E-state index contributed by atoms with van der Waals surface area (Å²) in [6.45, 7) is 6.83. The molecule has 204 valence electrons. The first-order chi connectivity index (χ1) is 18.3. The number of anilines is 4. The summed E-state index contributed by atoms with van der Waals surface area (Å²) in [5.74, 6) is -0.588. The van der Waals surface area contributed by atoms with Gasteiger partial charge in [0.15, 0.2) is 6.29 Å². The van der Waals surface area contributed by atoms with E-state index in [1.165, 1.54) is 17.4 Å². The van der Waals surface area contributed by atoms with E-state index in [4.69, 9.17) is 0 Å². The van der Waals surface area contributed by atoms with Crippen molar-refractivity contribution in [2.24, 2.45) is 0 Å². The molecule has 2 fully saturated rings. The van der Waals surface area contributed by atoms with Crippen molar-refractivity contribution in [1.82, 2.24) is 5.32 Å². The Bertz CT molecular complexity index is 1190. The number of aliphatic hydroxyl groups is 2. The minimum absolute atomic E-state index is 0.193. The summed E-state index contributed by atoms with van der Waals surface area (Å²) in [6, 6.07) is 8.01. The average Bonchev–Trinajstić information content (AvgIpc) is 3.41. The maximum absolute atomic E-state index is 13.6. The SMILES string of the molecule is C=CC(=O)Nc1cc(C(=O)NC2Nc3cccc(C)c3N2[C@H]2CC[C@H](O)CC2)sc1N1CCCC[C@H](O)C1. The van der Waals surface area contributed by atoms with Gasteiger partial charge < -0.3 is 36.0 Å². The highest BCUT2D eigenvalue weighted by Crippen LogP contribution is 2.42. The summed E-state index contributed by atoms with van der Waals surface area (Å²) in [6.07, 6.45) is 5.84. The molecule has 0 spiro atoms. The van der Waals surface area contributed by atoms with Crippen LogP contribution in [0.2, 0.25) is 0 Å². The number of hydrogen-bond donors (Lipinski definition) is 5. The maximum atomic E-state index is 13.6. The monoisotopic (exact) mass is 539 g/mol. The van der Waals surface area contributed by atoms with Gasteiger partial charge in [0.1, 0.15) is 5.00 Å². The number of aliphatic hydroxyl groups excluding tert-OH is 2.